The molecule has 2 aromatic heterocycles. The van der Waals surface area contributed by atoms with Gasteiger partial charge in [-0.15, -0.1) is 0 Å². The second-order valence-corrected chi connectivity index (χ2v) is 9.96. The van der Waals surface area contributed by atoms with Gasteiger partial charge in [0.2, 0.25) is 0 Å². The normalized spacial score (nSPS) is 10.4. The minimum Gasteiger partial charge on any atom is -0.241 e. The van der Waals surface area contributed by atoms with Gasteiger partial charge in [0, 0.05) is 16.7 Å². The molecule has 0 unspecified atom stereocenters. The van der Waals surface area contributed by atoms with Crippen molar-refractivity contribution in [1.29, 1.82) is 0 Å². The molecule has 0 aliphatic heterocycles. The quantitative estimate of drug-likeness (QED) is 0.145. The summed E-state index contributed by atoms with van der Waals surface area (Å²) >= 11 is 6.88. The summed E-state index contributed by atoms with van der Waals surface area (Å²) in [5, 5.41) is 0. The van der Waals surface area contributed by atoms with Crippen LogP contribution in [0.2, 0.25) is 0 Å². The van der Waals surface area contributed by atoms with Gasteiger partial charge in [0.1, 0.15) is 4.60 Å². The van der Waals surface area contributed by atoms with Crippen LogP contribution in [0.25, 0.3) is 44.9 Å². The zero-order valence-electron chi connectivity index (χ0n) is 20.4. The fourth-order valence-electron chi connectivity index (χ4n) is 3.98. The largest absolute Gasteiger partial charge is 0.241 e. The molecule has 4 aromatic carbocycles. The summed E-state index contributed by atoms with van der Waals surface area (Å²) in [5.74, 6) is 0. The molecule has 184 valence electrons. The second kappa shape index (κ2) is 12.5. The van der Waals surface area contributed by atoms with Gasteiger partial charge in [-0.2, -0.15) is 0 Å². The Hall–Kier alpha value is -3.93. The maximum absolute atomic E-state index is 4.55. The highest BCUT2D eigenvalue weighted by Gasteiger charge is 2.07. The van der Waals surface area contributed by atoms with E-state index in [4.69, 9.17) is 0 Å². The van der Waals surface area contributed by atoms with Gasteiger partial charge in [-0.05, 0) is 61.2 Å². The molecular weight excluding hydrogens is 598 g/mol. The monoisotopic (exact) mass is 619 g/mol. The first-order valence-electron chi connectivity index (χ1n) is 12.1. The lowest BCUT2D eigenvalue weighted by Crippen LogP contribution is -1.91. The van der Waals surface area contributed by atoms with E-state index in [0.717, 1.165) is 38.4 Å². The van der Waals surface area contributed by atoms with Crippen LogP contribution in [0.3, 0.4) is 0 Å². The Kier molecular flexibility index (Phi) is 8.49. The van der Waals surface area contributed by atoms with Crippen molar-refractivity contribution in [2.75, 3.05) is 0 Å². The molecule has 0 fully saturated rings. The molecule has 0 spiro atoms. The van der Waals surface area contributed by atoms with Crippen molar-refractivity contribution in [3.05, 3.63) is 149 Å². The summed E-state index contributed by atoms with van der Waals surface area (Å²) < 4.78 is 1.46. The number of pyridine rings is 1. The first-order valence-corrected chi connectivity index (χ1v) is 13.7. The molecule has 2 heterocycles. The lowest BCUT2D eigenvalue weighted by molar-refractivity contribution is 1.12. The van der Waals surface area contributed by atoms with Gasteiger partial charge in [0.05, 0.1) is 17.1 Å². The van der Waals surface area contributed by atoms with Crippen molar-refractivity contribution in [2.24, 2.45) is 0 Å². The van der Waals surface area contributed by atoms with E-state index in [1.54, 1.807) is 0 Å². The van der Waals surface area contributed by atoms with Gasteiger partial charge in [-0.3, -0.25) is 0 Å². The van der Waals surface area contributed by atoms with Crippen LogP contribution < -0.4 is 0 Å². The molecule has 0 saturated heterocycles. The van der Waals surface area contributed by atoms with Crippen LogP contribution in [0.1, 0.15) is 0 Å². The van der Waals surface area contributed by atoms with Crippen molar-refractivity contribution in [2.45, 2.75) is 0 Å². The molecule has 0 saturated carbocycles. The number of halogens is 2. The predicted octanol–water partition coefficient (Wildman–Crippen LogP) is 9.75. The minimum atomic E-state index is 0.604. The van der Waals surface area contributed by atoms with Gasteiger partial charge in [-0.1, -0.05) is 121 Å². The van der Waals surface area contributed by atoms with Gasteiger partial charge < -0.3 is 0 Å². The summed E-state index contributed by atoms with van der Waals surface area (Å²) in [5.41, 5.74) is 8.48. The first kappa shape index (κ1) is 25.7. The number of nitrogens with zero attached hydrogens (tertiary/aromatic N) is 3. The Morgan fingerprint density at radius 1 is 0.342 bits per heavy atom. The predicted molar refractivity (Wildman–Crippen MR) is 163 cm³/mol. The molecule has 38 heavy (non-hydrogen) atoms. The molecule has 0 bridgehead atoms. The van der Waals surface area contributed by atoms with Crippen molar-refractivity contribution < 1.29 is 0 Å². The number of aromatic nitrogens is 3. The van der Waals surface area contributed by atoms with Crippen molar-refractivity contribution >= 4 is 31.9 Å². The van der Waals surface area contributed by atoms with E-state index in [-0.39, 0.29) is 0 Å². The van der Waals surface area contributed by atoms with Crippen LogP contribution in [0.4, 0.5) is 0 Å². The van der Waals surface area contributed by atoms with Gasteiger partial charge >= 0.3 is 0 Å². The Morgan fingerprint density at radius 3 is 1.13 bits per heavy atom. The summed E-state index contributed by atoms with van der Waals surface area (Å²) in [4.78, 5) is 13.4. The van der Waals surface area contributed by atoms with Crippen molar-refractivity contribution in [1.82, 2.24) is 15.0 Å². The molecule has 0 N–H and O–H groups in total. The lowest BCUT2D eigenvalue weighted by atomic mass is 10.0. The van der Waals surface area contributed by atoms with E-state index in [2.05, 4.69) is 77.1 Å². The fourth-order valence-corrected chi connectivity index (χ4v) is 4.80. The van der Waals surface area contributed by atoms with Crippen molar-refractivity contribution in [3.8, 4) is 44.9 Å². The third-order valence-corrected chi connectivity index (χ3v) is 6.57. The molecule has 3 nitrogen and oxygen atoms in total. The fraction of sp³-hybridized carbons (Fsp3) is 0. The molecule has 0 aliphatic carbocycles. The molecule has 0 amide bonds. The molecule has 0 atom stereocenters. The van der Waals surface area contributed by atoms with E-state index in [1.165, 1.54) is 11.1 Å². The summed E-state index contributed by atoms with van der Waals surface area (Å²) in [6.45, 7) is 0. The van der Waals surface area contributed by atoms with Crippen LogP contribution in [0.15, 0.2) is 149 Å². The van der Waals surface area contributed by atoms with E-state index < -0.39 is 0 Å². The average Bonchev–Trinajstić information content (AvgIpc) is 2.99. The summed E-state index contributed by atoms with van der Waals surface area (Å²) in [6, 6.07) is 46.9. The lowest BCUT2D eigenvalue weighted by Gasteiger charge is -2.06. The Bertz CT molecular complexity index is 1370. The number of rotatable bonds is 4. The van der Waals surface area contributed by atoms with Gasteiger partial charge in [0.25, 0.3) is 0 Å². The zero-order chi connectivity index (χ0) is 26.2. The van der Waals surface area contributed by atoms with Crippen LogP contribution in [0, 0.1) is 0 Å². The average molecular weight is 621 g/mol. The van der Waals surface area contributed by atoms with E-state index in [1.807, 2.05) is 109 Å². The minimum absolute atomic E-state index is 0.604. The maximum atomic E-state index is 4.55. The topological polar surface area (TPSA) is 38.7 Å². The third kappa shape index (κ3) is 6.68. The van der Waals surface area contributed by atoms with Crippen LogP contribution >= 0.6 is 31.9 Å². The number of benzene rings is 4. The molecule has 0 aliphatic rings. The Morgan fingerprint density at radius 2 is 0.711 bits per heavy atom. The van der Waals surface area contributed by atoms with Crippen LogP contribution in [-0.2, 0) is 0 Å². The highest BCUT2D eigenvalue weighted by atomic mass is 79.9. The summed E-state index contributed by atoms with van der Waals surface area (Å²) in [7, 11) is 0. The molecular formula is C33H23Br2N3. The first-order chi connectivity index (χ1) is 18.7. The van der Waals surface area contributed by atoms with Crippen LogP contribution in [-0.4, -0.2) is 15.0 Å². The highest BCUT2D eigenvalue weighted by Crippen LogP contribution is 2.28. The Balaban J connectivity index is 0.000000155. The number of hydrogen-bond acceptors (Lipinski definition) is 3. The van der Waals surface area contributed by atoms with Crippen molar-refractivity contribution in [3.63, 3.8) is 0 Å². The smallest absolute Gasteiger partial charge is 0.197 e. The highest BCUT2D eigenvalue weighted by molar-refractivity contribution is 9.10. The maximum Gasteiger partial charge on any atom is 0.197 e. The molecule has 6 rings (SSSR count). The van der Waals surface area contributed by atoms with E-state index >= 15 is 0 Å². The summed E-state index contributed by atoms with van der Waals surface area (Å²) in [6.07, 6.45) is 0. The van der Waals surface area contributed by atoms with Crippen LogP contribution in [0.5, 0.6) is 0 Å². The third-order valence-electron chi connectivity index (χ3n) is 5.81. The van der Waals surface area contributed by atoms with E-state index in [9.17, 15) is 0 Å². The molecule has 0 radical (unpaired) electrons. The van der Waals surface area contributed by atoms with E-state index in [0.29, 0.717) is 4.73 Å². The SMILES string of the molecule is Brc1cc(-c2ccccc2)cc(-c2ccccc2)n1.Brc1nc(-c2ccccc2)cc(-c2ccccc2)n1. The number of hydrogen-bond donors (Lipinski definition) is 0. The second-order valence-electron chi connectivity index (χ2n) is 8.44. The van der Waals surface area contributed by atoms with Gasteiger partial charge in [-0.25, -0.2) is 15.0 Å². The standard InChI is InChI=1S/C17H12BrN.C16H11BrN2/c18-17-12-15(13-7-3-1-4-8-13)11-16(19-17)14-9-5-2-6-10-14;17-16-18-14(12-7-3-1-4-8-12)11-15(19-16)13-9-5-2-6-10-13/h1-12H;1-11H. The zero-order valence-corrected chi connectivity index (χ0v) is 23.5. The molecule has 6 aromatic rings. The Labute approximate surface area is 239 Å². The van der Waals surface area contributed by atoms with Gasteiger partial charge in [0.15, 0.2) is 4.73 Å². The molecule has 5 heteroatoms.